The maximum atomic E-state index is 6.07. The molecule has 2 heteroatoms. The van der Waals surface area contributed by atoms with Gasteiger partial charge < -0.3 is 4.74 Å². The van der Waals surface area contributed by atoms with Crippen LogP contribution in [-0.2, 0) is 4.74 Å². The first-order valence-corrected chi connectivity index (χ1v) is 10.7. The van der Waals surface area contributed by atoms with E-state index in [1.165, 1.54) is 41.5 Å². The van der Waals surface area contributed by atoms with E-state index in [-0.39, 0.29) is 0 Å². The zero-order chi connectivity index (χ0) is 19.4. The molecule has 0 N–H and O–H groups in total. The number of allylic oxidation sites excluding steroid dienone is 6. The van der Waals surface area contributed by atoms with Gasteiger partial charge in [0.1, 0.15) is 0 Å². The van der Waals surface area contributed by atoms with Gasteiger partial charge in [0.2, 0.25) is 0 Å². The summed E-state index contributed by atoms with van der Waals surface area (Å²) in [5, 5.41) is 0. The van der Waals surface area contributed by atoms with Gasteiger partial charge in [-0.15, -0.1) is 0 Å². The second-order valence-corrected chi connectivity index (χ2v) is 8.33. The molecule has 1 fully saturated rings. The fourth-order valence-electron chi connectivity index (χ4n) is 4.47. The highest BCUT2D eigenvalue weighted by Gasteiger charge is 2.29. The summed E-state index contributed by atoms with van der Waals surface area (Å²) in [6, 6.07) is 4.29. The van der Waals surface area contributed by atoms with Crippen molar-refractivity contribution < 1.29 is 4.74 Å². The van der Waals surface area contributed by atoms with Crippen molar-refractivity contribution in [3.63, 3.8) is 0 Å². The zero-order valence-electron chi connectivity index (χ0n) is 17.7. The van der Waals surface area contributed by atoms with E-state index in [9.17, 15) is 0 Å². The van der Waals surface area contributed by atoms with Gasteiger partial charge in [0, 0.05) is 17.9 Å². The van der Waals surface area contributed by atoms with Gasteiger partial charge >= 0.3 is 0 Å². The van der Waals surface area contributed by atoms with Gasteiger partial charge in [0.15, 0.2) is 0 Å². The van der Waals surface area contributed by atoms with Crippen molar-refractivity contribution in [1.82, 2.24) is 4.98 Å². The molecule has 1 aliphatic heterocycles. The van der Waals surface area contributed by atoms with E-state index in [1.807, 2.05) is 0 Å². The van der Waals surface area contributed by atoms with E-state index < -0.39 is 0 Å². The zero-order valence-corrected chi connectivity index (χ0v) is 17.7. The van der Waals surface area contributed by atoms with Gasteiger partial charge in [0.05, 0.1) is 11.8 Å². The predicted molar refractivity (Wildman–Crippen MR) is 115 cm³/mol. The number of hydrogen-bond donors (Lipinski definition) is 0. The summed E-state index contributed by atoms with van der Waals surface area (Å²) in [4.78, 5) is 4.87. The van der Waals surface area contributed by atoms with Crippen LogP contribution in [0.3, 0.4) is 0 Å². The van der Waals surface area contributed by atoms with Gasteiger partial charge in [-0.1, -0.05) is 43.7 Å². The predicted octanol–water partition coefficient (Wildman–Crippen LogP) is 6.59. The van der Waals surface area contributed by atoms with Gasteiger partial charge in [-0.05, 0) is 81.9 Å². The number of aryl methyl sites for hydroxylation is 2. The monoisotopic (exact) mass is 365 g/mol. The molecule has 0 bridgehead atoms. The average molecular weight is 366 g/mol. The first kappa shape index (κ1) is 20.1. The fraction of sp³-hybridized carbons (Fsp3) is 0.560. The van der Waals surface area contributed by atoms with Gasteiger partial charge in [-0.3, -0.25) is 4.98 Å². The summed E-state index contributed by atoms with van der Waals surface area (Å²) in [6.45, 7) is 12.1. The van der Waals surface area contributed by atoms with Crippen LogP contribution in [0.1, 0.15) is 69.8 Å². The largest absolute Gasteiger partial charge is 0.378 e. The van der Waals surface area contributed by atoms with Crippen LogP contribution in [-0.4, -0.2) is 17.7 Å². The third kappa shape index (κ3) is 4.60. The number of ether oxygens (including phenoxy) is 1. The molecular formula is C25H35NO. The highest BCUT2D eigenvalue weighted by Crippen LogP contribution is 2.38. The summed E-state index contributed by atoms with van der Waals surface area (Å²) in [5.41, 5.74) is 7.61. The number of pyridine rings is 1. The summed E-state index contributed by atoms with van der Waals surface area (Å²) >= 11 is 0. The molecule has 0 spiro atoms. The molecular weight excluding hydrogens is 330 g/mol. The molecule has 0 radical (unpaired) electrons. The van der Waals surface area contributed by atoms with Crippen LogP contribution in [0.5, 0.6) is 0 Å². The summed E-state index contributed by atoms with van der Waals surface area (Å²) < 4.78 is 6.07. The van der Waals surface area contributed by atoms with E-state index in [0.29, 0.717) is 17.9 Å². The Morgan fingerprint density at radius 1 is 1.26 bits per heavy atom. The molecule has 3 unspecified atom stereocenters. The van der Waals surface area contributed by atoms with Crippen molar-refractivity contribution in [3.05, 3.63) is 58.5 Å². The van der Waals surface area contributed by atoms with Crippen molar-refractivity contribution in [2.45, 2.75) is 72.8 Å². The Morgan fingerprint density at radius 2 is 2.07 bits per heavy atom. The highest BCUT2D eigenvalue weighted by atomic mass is 16.5. The molecule has 1 aliphatic carbocycles. The van der Waals surface area contributed by atoms with E-state index in [0.717, 1.165) is 30.8 Å². The first-order valence-electron chi connectivity index (χ1n) is 10.7. The second kappa shape index (κ2) is 9.01. The lowest BCUT2D eigenvalue weighted by atomic mass is 9.77. The normalized spacial score (nSPS) is 25.0. The average Bonchev–Trinajstić information content (AvgIpc) is 2.68. The molecule has 2 nitrogen and oxygen atoms in total. The van der Waals surface area contributed by atoms with E-state index in [1.54, 1.807) is 0 Å². The SMILES string of the molecule is CC/C=C(/C1=C(C)CC(C(C)C2CCCCO2)C=C1)c1nc(C)ccc1C. The first-order chi connectivity index (χ1) is 13.0. The summed E-state index contributed by atoms with van der Waals surface area (Å²) in [7, 11) is 0. The molecule has 146 valence electrons. The molecule has 0 saturated carbocycles. The molecule has 2 heterocycles. The Morgan fingerprint density at radius 3 is 2.74 bits per heavy atom. The quantitative estimate of drug-likeness (QED) is 0.587. The summed E-state index contributed by atoms with van der Waals surface area (Å²) in [5.74, 6) is 1.15. The molecule has 27 heavy (non-hydrogen) atoms. The molecule has 0 aromatic carbocycles. The minimum atomic E-state index is 0.425. The highest BCUT2D eigenvalue weighted by molar-refractivity contribution is 5.82. The van der Waals surface area contributed by atoms with Crippen molar-refractivity contribution in [2.75, 3.05) is 6.61 Å². The van der Waals surface area contributed by atoms with Crippen LogP contribution in [0.4, 0.5) is 0 Å². The van der Waals surface area contributed by atoms with Crippen LogP contribution in [0.25, 0.3) is 5.57 Å². The molecule has 2 aliphatic rings. The minimum absolute atomic E-state index is 0.425. The van der Waals surface area contributed by atoms with Gasteiger partial charge in [-0.2, -0.15) is 0 Å². The Kier molecular flexibility index (Phi) is 6.70. The van der Waals surface area contributed by atoms with Crippen LogP contribution < -0.4 is 0 Å². The molecule has 1 aromatic rings. The number of nitrogens with zero attached hydrogens (tertiary/aromatic N) is 1. The van der Waals surface area contributed by atoms with Crippen LogP contribution in [0.15, 0.2) is 41.5 Å². The van der Waals surface area contributed by atoms with Gasteiger partial charge in [-0.25, -0.2) is 0 Å². The smallest absolute Gasteiger partial charge is 0.0737 e. The van der Waals surface area contributed by atoms with Crippen LogP contribution in [0, 0.1) is 25.7 Å². The van der Waals surface area contributed by atoms with E-state index in [2.05, 4.69) is 65.0 Å². The topological polar surface area (TPSA) is 22.1 Å². The number of hydrogen-bond acceptors (Lipinski definition) is 2. The van der Waals surface area contributed by atoms with Crippen molar-refractivity contribution in [2.24, 2.45) is 11.8 Å². The Balaban J connectivity index is 1.84. The number of rotatable bonds is 5. The fourth-order valence-corrected chi connectivity index (χ4v) is 4.47. The lowest BCUT2D eigenvalue weighted by molar-refractivity contribution is -0.0267. The molecule has 3 atom stereocenters. The van der Waals surface area contributed by atoms with Crippen molar-refractivity contribution >= 4 is 5.57 Å². The molecule has 0 amide bonds. The standard InChI is InChI=1S/C25H35NO/c1-6-9-23(25-17(2)11-12-19(4)26-25)22-14-13-21(16-18(22)3)20(5)24-10-7-8-15-27-24/h9,11-14,20-21,24H,6-8,10,15-16H2,1-5H3/b23-9-. The lowest BCUT2D eigenvalue weighted by Gasteiger charge is -2.34. The third-order valence-electron chi connectivity index (χ3n) is 6.18. The summed E-state index contributed by atoms with van der Waals surface area (Å²) in [6.07, 6.45) is 13.4. The van der Waals surface area contributed by atoms with Crippen LogP contribution in [0.2, 0.25) is 0 Å². The van der Waals surface area contributed by atoms with Gasteiger partial charge in [0.25, 0.3) is 0 Å². The molecule has 1 saturated heterocycles. The van der Waals surface area contributed by atoms with Crippen molar-refractivity contribution in [1.29, 1.82) is 0 Å². The maximum absolute atomic E-state index is 6.07. The molecule has 3 rings (SSSR count). The van der Waals surface area contributed by atoms with E-state index >= 15 is 0 Å². The number of aromatic nitrogens is 1. The maximum Gasteiger partial charge on any atom is 0.0737 e. The third-order valence-corrected chi connectivity index (χ3v) is 6.18. The van der Waals surface area contributed by atoms with Crippen molar-refractivity contribution in [3.8, 4) is 0 Å². The lowest BCUT2D eigenvalue weighted by Crippen LogP contribution is -2.31. The van der Waals surface area contributed by atoms with E-state index in [4.69, 9.17) is 9.72 Å². The Hall–Kier alpha value is -1.67. The Bertz CT molecular complexity index is 750. The Labute approximate surface area is 165 Å². The van der Waals surface area contributed by atoms with Crippen LogP contribution >= 0.6 is 0 Å². The molecule has 1 aromatic heterocycles. The minimum Gasteiger partial charge on any atom is -0.378 e. The second-order valence-electron chi connectivity index (χ2n) is 8.33.